The molecule has 0 saturated heterocycles. The van der Waals surface area contributed by atoms with Crippen LogP contribution in [0, 0.1) is 0 Å². The van der Waals surface area contributed by atoms with Crippen LogP contribution >= 0.6 is 0 Å². The van der Waals surface area contributed by atoms with Crippen LogP contribution in [-0.4, -0.2) is 15.9 Å². The Morgan fingerprint density at radius 3 is 2.19 bits per heavy atom. The van der Waals surface area contributed by atoms with Crippen molar-refractivity contribution in [1.82, 2.24) is 9.97 Å². The van der Waals surface area contributed by atoms with Crippen LogP contribution in [0.5, 0.6) is 0 Å². The Morgan fingerprint density at radius 1 is 1.10 bits per heavy atom. The van der Waals surface area contributed by atoms with E-state index in [4.69, 9.17) is 0 Å². The summed E-state index contributed by atoms with van der Waals surface area (Å²) in [5.41, 5.74) is 1.42. The van der Waals surface area contributed by atoms with E-state index in [9.17, 15) is 4.79 Å². The Labute approximate surface area is 125 Å². The van der Waals surface area contributed by atoms with Crippen molar-refractivity contribution in [2.45, 2.75) is 34.6 Å². The topological polar surface area (TPSA) is 82.5 Å². The van der Waals surface area contributed by atoms with Gasteiger partial charge in [-0.05, 0) is 24.3 Å². The fourth-order valence-corrected chi connectivity index (χ4v) is 1.23. The van der Waals surface area contributed by atoms with E-state index in [2.05, 4.69) is 25.5 Å². The number of carbonyl (C=O) groups excluding carboxylic acids is 1. The lowest BCUT2D eigenvalue weighted by Gasteiger charge is -2.00. The molecule has 0 saturated carbocycles. The van der Waals surface area contributed by atoms with Gasteiger partial charge in [0.25, 0.3) is 0 Å². The van der Waals surface area contributed by atoms with Gasteiger partial charge >= 0.3 is 0 Å². The summed E-state index contributed by atoms with van der Waals surface area (Å²) in [4.78, 5) is 17.5. The predicted molar refractivity (Wildman–Crippen MR) is 86.2 cm³/mol. The molecule has 21 heavy (non-hydrogen) atoms. The molecule has 1 aromatic carbocycles. The lowest BCUT2D eigenvalue weighted by Crippen LogP contribution is -2.04. The molecule has 1 amide bonds. The Hall–Kier alpha value is -2.50. The number of nitrogens with one attached hydrogen (secondary N) is 2. The fourth-order valence-electron chi connectivity index (χ4n) is 1.23. The molecule has 114 valence electrons. The van der Waals surface area contributed by atoms with Crippen molar-refractivity contribution in [2.75, 3.05) is 5.32 Å². The smallest absolute Gasteiger partial charge is 0.246 e. The highest BCUT2D eigenvalue weighted by Crippen LogP contribution is 2.18. The first-order valence-electron chi connectivity index (χ1n) is 7.03. The summed E-state index contributed by atoms with van der Waals surface area (Å²) in [6, 6.07) is 7.05. The van der Waals surface area contributed by atoms with Crippen molar-refractivity contribution in [3.63, 3.8) is 0 Å². The molecule has 1 aromatic heterocycles. The van der Waals surface area contributed by atoms with Crippen LogP contribution < -0.4 is 5.32 Å². The Kier molecular flexibility index (Phi) is 9.99. The summed E-state index contributed by atoms with van der Waals surface area (Å²) in [5.74, 6) is 0.353. The molecule has 1 heterocycles. The minimum Gasteiger partial charge on any atom is -0.328 e. The highest BCUT2D eigenvalue weighted by molar-refractivity contribution is 5.88. The predicted octanol–water partition coefficient (Wildman–Crippen LogP) is 4.84. The number of aromatic nitrogens is 2. The maximum absolute atomic E-state index is 10.8. The van der Waals surface area contributed by atoms with Crippen molar-refractivity contribution in [3.05, 3.63) is 36.7 Å². The summed E-state index contributed by atoms with van der Waals surface area (Å²) in [6.07, 6.45) is 3.28. The number of aromatic amines is 1. The number of imidazole rings is 1. The summed E-state index contributed by atoms with van der Waals surface area (Å²) < 4.78 is 0. The molecule has 0 unspecified atom stereocenters. The number of nitrogens with zero attached hydrogens (tertiary/aromatic N) is 3. The van der Waals surface area contributed by atoms with Crippen LogP contribution in [0.25, 0.3) is 0 Å². The lowest BCUT2D eigenvalue weighted by atomic mass is 10.3. The largest absolute Gasteiger partial charge is 0.328 e. The second-order valence-corrected chi connectivity index (χ2v) is 3.34. The zero-order valence-electron chi connectivity index (χ0n) is 13.2. The van der Waals surface area contributed by atoms with Gasteiger partial charge < -0.3 is 10.3 Å². The Balaban J connectivity index is 0.000000921. The van der Waals surface area contributed by atoms with Gasteiger partial charge in [0.1, 0.15) is 0 Å². The van der Waals surface area contributed by atoms with Gasteiger partial charge in [-0.15, -0.1) is 10.2 Å². The number of rotatable bonds is 3. The maximum atomic E-state index is 10.8. The van der Waals surface area contributed by atoms with E-state index in [1.54, 1.807) is 36.7 Å². The number of hydrogen-bond donors (Lipinski definition) is 2. The van der Waals surface area contributed by atoms with E-state index in [1.165, 1.54) is 6.92 Å². The van der Waals surface area contributed by atoms with Crippen molar-refractivity contribution >= 4 is 23.2 Å². The minimum atomic E-state index is -0.102. The lowest BCUT2D eigenvalue weighted by molar-refractivity contribution is -0.114. The molecular formula is C15H23N5O. The van der Waals surface area contributed by atoms with E-state index in [0.717, 1.165) is 5.69 Å². The van der Waals surface area contributed by atoms with E-state index < -0.39 is 0 Å². The first-order valence-corrected chi connectivity index (χ1v) is 7.03. The molecule has 0 aliphatic heterocycles. The molecule has 0 aliphatic carbocycles. The number of amides is 1. The molecule has 0 bridgehead atoms. The van der Waals surface area contributed by atoms with E-state index in [0.29, 0.717) is 11.6 Å². The second kappa shape index (κ2) is 11.3. The monoisotopic (exact) mass is 289 g/mol. The van der Waals surface area contributed by atoms with Gasteiger partial charge in [0.2, 0.25) is 11.9 Å². The van der Waals surface area contributed by atoms with Crippen molar-refractivity contribution in [2.24, 2.45) is 10.2 Å². The molecular weight excluding hydrogens is 266 g/mol. The second-order valence-electron chi connectivity index (χ2n) is 3.34. The highest BCUT2D eigenvalue weighted by Gasteiger charge is 1.95. The highest BCUT2D eigenvalue weighted by atomic mass is 16.1. The number of hydrogen-bond acceptors (Lipinski definition) is 4. The Bertz CT molecular complexity index is 518. The maximum Gasteiger partial charge on any atom is 0.246 e. The third-order valence-corrected chi connectivity index (χ3v) is 1.93. The normalized spacial score (nSPS) is 9.19. The number of azo groups is 1. The summed E-state index contributed by atoms with van der Waals surface area (Å²) in [5, 5.41) is 10.6. The molecule has 0 spiro atoms. The van der Waals surface area contributed by atoms with Crippen LogP contribution in [0.15, 0.2) is 46.9 Å². The van der Waals surface area contributed by atoms with Crippen LogP contribution in [0.2, 0.25) is 0 Å². The summed E-state index contributed by atoms with van der Waals surface area (Å²) in [6.45, 7) is 9.46. The van der Waals surface area contributed by atoms with Crippen molar-refractivity contribution < 1.29 is 4.79 Å². The zero-order chi connectivity index (χ0) is 16.1. The molecule has 6 heteroatoms. The molecule has 2 N–H and O–H groups in total. The van der Waals surface area contributed by atoms with Crippen LogP contribution in [0.1, 0.15) is 34.6 Å². The molecule has 6 nitrogen and oxygen atoms in total. The first kappa shape index (κ1) is 18.5. The molecule has 0 radical (unpaired) electrons. The van der Waals surface area contributed by atoms with Crippen LogP contribution in [0.3, 0.4) is 0 Å². The van der Waals surface area contributed by atoms with Gasteiger partial charge in [0.15, 0.2) is 0 Å². The minimum absolute atomic E-state index is 0.102. The summed E-state index contributed by atoms with van der Waals surface area (Å²) in [7, 11) is 0. The average molecular weight is 289 g/mol. The molecule has 0 atom stereocenters. The van der Waals surface area contributed by atoms with Crippen LogP contribution in [0.4, 0.5) is 17.3 Å². The van der Waals surface area contributed by atoms with Gasteiger partial charge in [0.05, 0.1) is 5.69 Å². The van der Waals surface area contributed by atoms with Crippen molar-refractivity contribution in [3.8, 4) is 0 Å². The quantitative estimate of drug-likeness (QED) is 0.793. The number of benzene rings is 1. The third kappa shape index (κ3) is 7.61. The van der Waals surface area contributed by atoms with Gasteiger partial charge in [-0.25, -0.2) is 4.98 Å². The summed E-state index contributed by atoms with van der Waals surface area (Å²) >= 11 is 0. The van der Waals surface area contributed by atoms with Gasteiger partial charge in [0, 0.05) is 25.0 Å². The molecule has 0 aliphatic rings. The fraction of sp³-hybridized carbons (Fsp3) is 0.333. The van der Waals surface area contributed by atoms with Crippen molar-refractivity contribution in [1.29, 1.82) is 0 Å². The first-order chi connectivity index (χ1) is 10.2. The van der Waals surface area contributed by atoms with E-state index in [1.807, 2.05) is 27.7 Å². The zero-order valence-corrected chi connectivity index (χ0v) is 13.2. The molecule has 0 fully saturated rings. The Morgan fingerprint density at radius 2 is 1.71 bits per heavy atom. The van der Waals surface area contributed by atoms with E-state index >= 15 is 0 Å². The van der Waals surface area contributed by atoms with Gasteiger partial charge in [-0.3, -0.25) is 4.79 Å². The third-order valence-electron chi connectivity index (χ3n) is 1.93. The molecule has 2 aromatic rings. The number of H-pyrrole nitrogens is 1. The van der Waals surface area contributed by atoms with Gasteiger partial charge in [-0.1, -0.05) is 27.7 Å². The average Bonchev–Trinajstić information content (AvgIpc) is 3.03. The van der Waals surface area contributed by atoms with Crippen LogP contribution in [-0.2, 0) is 4.79 Å². The number of anilines is 1. The standard InChI is InChI=1S/C11H11N5O.2C2H6/c1-8(17)14-9-2-4-10(5-3-9)15-16-11-12-6-7-13-11;2*1-2/h2-7H,1H3,(H,12,13)(H,14,17);2*1-2H3. The number of carbonyl (C=O) groups is 1. The van der Waals surface area contributed by atoms with E-state index in [-0.39, 0.29) is 5.91 Å². The van der Waals surface area contributed by atoms with Gasteiger partial charge in [-0.2, -0.15) is 0 Å². The SMILES string of the molecule is CC.CC.CC(=O)Nc1ccc(N=Nc2ncc[nH]2)cc1. The molecule has 2 rings (SSSR count).